The maximum absolute atomic E-state index is 10.6. The van der Waals surface area contributed by atoms with Gasteiger partial charge in [0.05, 0.1) is 19.9 Å². The van der Waals surface area contributed by atoms with Gasteiger partial charge in [-0.1, -0.05) is 6.07 Å². The van der Waals surface area contributed by atoms with E-state index in [4.69, 9.17) is 9.47 Å². The summed E-state index contributed by atoms with van der Waals surface area (Å²) in [5.41, 5.74) is 2.19. The molecule has 0 amide bonds. The molecule has 25 heavy (non-hydrogen) atoms. The third-order valence-corrected chi connectivity index (χ3v) is 5.03. The van der Waals surface area contributed by atoms with Crippen LogP contribution in [0, 0.1) is 4.91 Å². The molecule has 0 aliphatic carbocycles. The summed E-state index contributed by atoms with van der Waals surface area (Å²) in [6.45, 7) is 0. The molecule has 0 unspecified atom stereocenters. The van der Waals surface area contributed by atoms with E-state index in [0.717, 1.165) is 21.3 Å². The number of aromatic nitrogens is 1. The van der Waals surface area contributed by atoms with Gasteiger partial charge in [0.25, 0.3) is 0 Å². The van der Waals surface area contributed by atoms with Crippen LogP contribution in [0.4, 0.5) is 10.8 Å². The number of nitrogens with zero attached hydrogens (tertiary/aromatic N) is 2. The second-order valence-electron chi connectivity index (χ2n) is 4.90. The number of hydrogen-bond donors (Lipinski definition) is 1. The Bertz CT molecular complexity index is 883. The topological polar surface area (TPSA) is 72.8 Å². The van der Waals surface area contributed by atoms with Gasteiger partial charge >= 0.3 is 0 Å². The van der Waals surface area contributed by atoms with E-state index >= 15 is 0 Å². The molecule has 0 spiro atoms. The molecule has 1 aromatic heterocycles. The van der Waals surface area contributed by atoms with Gasteiger partial charge in [0.1, 0.15) is 5.69 Å². The van der Waals surface area contributed by atoms with Gasteiger partial charge in [0.15, 0.2) is 16.6 Å². The molecule has 2 aromatic carbocycles. The van der Waals surface area contributed by atoms with Crippen LogP contribution in [0.3, 0.4) is 0 Å². The Morgan fingerprint density at radius 1 is 1.12 bits per heavy atom. The molecule has 0 saturated carbocycles. The lowest BCUT2D eigenvalue weighted by atomic mass is 10.1. The third-order valence-electron chi connectivity index (χ3n) is 3.36. The van der Waals surface area contributed by atoms with E-state index in [-0.39, 0.29) is 0 Å². The molecular weight excluding hydrogens is 358 g/mol. The van der Waals surface area contributed by atoms with Crippen LogP contribution in [0.25, 0.3) is 11.3 Å². The molecule has 0 bridgehead atoms. The minimum absolute atomic E-state index is 0.400. The molecule has 0 saturated heterocycles. The van der Waals surface area contributed by atoms with Gasteiger partial charge in [-0.05, 0) is 53.5 Å². The Kier molecular flexibility index (Phi) is 5.52. The fourth-order valence-electron chi connectivity index (χ4n) is 2.16. The lowest BCUT2D eigenvalue weighted by molar-refractivity contribution is 0.355. The highest BCUT2D eigenvalue weighted by molar-refractivity contribution is 8.00. The molecule has 3 rings (SSSR count). The number of anilines is 1. The van der Waals surface area contributed by atoms with Crippen molar-refractivity contribution in [2.45, 2.75) is 4.90 Å². The van der Waals surface area contributed by atoms with Crippen LogP contribution < -0.4 is 14.2 Å². The molecule has 0 aliphatic heterocycles. The molecule has 0 atom stereocenters. The van der Waals surface area contributed by atoms with Crippen molar-refractivity contribution < 1.29 is 9.47 Å². The summed E-state index contributed by atoms with van der Waals surface area (Å²) in [6, 6.07) is 12.7. The van der Waals surface area contributed by atoms with Gasteiger partial charge in [0.2, 0.25) is 0 Å². The van der Waals surface area contributed by atoms with Crippen molar-refractivity contribution in [3.05, 3.63) is 52.8 Å². The van der Waals surface area contributed by atoms with E-state index < -0.39 is 0 Å². The van der Waals surface area contributed by atoms with E-state index in [0.29, 0.717) is 17.2 Å². The molecule has 128 valence electrons. The van der Waals surface area contributed by atoms with Crippen LogP contribution in [0.1, 0.15) is 0 Å². The number of ether oxygens (including phenoxy) is 2. The minimum Gasteiger partial charge on any atom is -0.493 e. The third kappa shape index (κ3) is 4.09. The molecule has 3 aromatic rings. The van der Waals surface area contributed by atoms with Crippen LogP contribution >= 0.6 is 23.3 Å². The summed E-state index contributed by atoms with van der Waals surface area (Å²) >= 11 is 2.88. The van der Waals surface area contributed by atoms with E-state index in [9.17, 15) is 4.91 Å². The summed E-state index contributed by atoms with van der Waals surface area (Å²) in [4.78, 5) is 16.0. The predicted octanol–water partition coefficient (Wildman–Crippen LogP) is 5.34. The first-order valence-corrected chi connectivity index (χ1v) is 8.97. The maximum Gasteiger partial charge on any atom is 0.193 e. The minimum atomic E-state index is 0.400. The summed E-state index contributed by atoms with van der Waals surface area (Å²) < 4.78 is 13.8. The zero-order chi connectivity index (χ0) is 17.6. The summed E-state index contributed by atoms with van der Waals surface area (Å²) in [6.07, 6.45) is 0. The molecular formula is C17H15N3O3S2. The molecule has 0 fully saturated rings. The van der Waals surface area contributed by atoms with E-state index in [2.05, 4.69) is 14.9 Å². The van der Waals surface area contributed by atoms with Gasteiger partial charge in [-0.25, -0.2) is 4.98 Å². The van der Waals surface area contributed by atoms with Crippen LogP contribution in [0.15, 0.2) is 57.9 Å². The average Bonchev–Trinajstić information content (AvgIpc) is 3.15. The SMILES string of the molecule is COc1ccc(-c2csc(NSc3cccc(N=O)c3)n2)cc1OC. The van der Waals surface area contributed by atoms with E-state index in [1.807, 2.05) is 29.6 Å². The van der Waals surface area contributed by atoms with Crippen molar-refractivity contribution in [3.8, 4) is 22.8 Å². The number of rotatable bonds is 7. The number of nitrogens with one attached hydrogen (secondary N) is 1. The number of methoxy groups -OCH3 is 2. The van der Waals surface area contributed by atoms with Crippen LogP contribution in [0.5, 0.6) is 11.5 Å². The Hall–Kier alpha value is -2.58. The highest BCUT2D eigenvalue weighted by Gasteiger charge is 2.09. The lowest BCUT2D eigenvalue weighted by Crippen LogP contribution is -1.91. The second kappa shape index (κ2) is 8.00. The number of hydrogen-bond acceptors (Lipinski definition) is 8. The predicted molar refractivity (Wildman–Crippen MR) is 102 cm³/mol. The lowest BCUT2D eigenvalue weighted by Gasteiger charge is -2.08. The van der Waals surface area contributed by atoms with Crippen molar-refractivity contribution >= 4 is 34.1 Å². The number of nitroso groups, excluding NO2 is 1. The quantitative estimate of drug-likeness (QED) is 0.445. The molecule has 0 radical (unpaired) electrons. The normalized spacial score (nSPS) is 10.3. The van der Waals surface area contributed by atoms with Crippen LogP contribution in [-0.4, -0.2) is 19.2 Å². The Morgan fingerprint density at radius 2 is 1.96 bits per heavy atom. The monoisotopic (exact) mass is 373 g/mol. The average molecular weight is 373 g/mol. The standard InChI is InChI=1S/C17H15N3O3S2/c1-22-15-7-6-11(8-16(15)23-2)14-10-24-17(18-14)20-25-13-5-3-4-12(9-13)19-21/h3-10H,1-2H3,(H,18,20). The van der Waals surface area contributed by atoms with Crippen LogP contribution in [-0.2, 0) is 0 Å². The first kappa shape index (κ1) is 17.2. The van der Waals surface area contributed by atoms with Gasteiger partial charge in [0, 0.05) is 15.8 Å². The van der Waals surface area contributed by atoms with Crippen molar-refractivity contribution in [1.29, 1.82) is 0 Å². The maximum atomic E-state index is 10.6. The first-order valence-electron chi connectivity index (χ1n) is 7.27. The molecule has 6 nitrogen and oxygen atoms in total. The highest BCUT2D eigenvalue weighted by Crippen LogP contribution is 2.34. The van der Waals surface area contributed by atoms with E-state index in [1.54, 1.807) is 32.4 Å². The van der Waals surface area contributed by atoms with E-state index in [1.165, 1.54) is 23.3 Å². The van der Waals surface area contributed by atoms with Crippen molar-refractivity contribution in [2.24, 2.45) is 5.18 Å². The first-order chi connectivity index (χ1) is 12.2. The largest absolute Gasteiger partial charge is 0.493 e. The van der Waals surface area contributed by atoms with Gasteiger partial charge in [-0.15, -0.1) is 16.2 Å². The second-order valence-corrected chi connectivity index (χ2v) is 6.64. The zero-order valence-corrected chi connectivity index (χ0v) is 15.2. The summed E-state index contributed by atoms with van der Waals surface area (Å²) in [5, 5.41) is 5.66. The summed E-state index contributed by atoms with van der Waals surface area (Å²) in [5.74, 6) is 1.34. The Balaban J connectivity index is 1.73. The Labute approximate surface area is 153 Å². The van der Waals surface area contributed by atoms with Crippen molar-refractivity contribution in [3.63, 3.8) is 0 Å². The van der Waals surface area contributed by atoms with Gasteiger partial charge in [-0.3, -0.25) is 0 Å². The fraction of sp³-hybridized carbons (Fsp3) is 0.118. The molecule has 0 aliphatic rings. The molecule has 1 N–H and O–H groups in total. The number of thiazole rings is 1. The molecule has 8 heteroatoms. The molecule has 1 heterocycles. The highest BCUT2D eigenvalue weighted by atomic mass is 32.2. The van der Waals surface area contributed by atoms with Gasteiger partial charge < -0.3 is 14.2 Å². The van der Waals surface area contributed by atoms with Crippen molar-refractivity contribution in [2.75, 3.05) is 18.9 Å². The number of benzene rings is 2. The van der Waals surface area contributed by atoms with Crippen LogP contribution in [0.2, 0.25) is 0 Å². The van der Waals surface area contributed by atoms with Crippen molar-refractivity contribution in [1.82, 2.24) is 4.98 Å². The fourth-order valence-corrected chi connectivity index (χ4v) is 3.61. The smallest absolute Gasteiger partial charge is 0.193 e. The zero-order valence-electron chi connectivity index (χ0n) is 13.6. The summed E-state index contributed by atoms with van der Waals surface area (Å²) in [7, 11) is 3.21. The van der Waals surface area contributed by atoms with Gasteiger partial charge in [-0.2, -0.15) is 0 Å². The Morgan fingerprint density at radius 3 is 2.72 bits per heavy atom.